The Labute approximate surface area is 81.1 Å². The molecule has 0 saturated carbocycles. The number of carbonyl (C=O) groups excluding carboxylic acids is 1. The van der Waals surface area contributed by atoms with Crippen molar-refractivity contribution in [3.8, 4) is 0 Å². The van der Waals surface area contributed by atoms with Crippen LogP contribution in [0.2, 0.25) is 0 Å². The van der Waals surface area contributed by atoms with Gasteiger partial charge in [-0.05, 0) is 12.1 Å². The summed E-state index contributed by atoms with van der Waals surface area (Å²) in [5.74, 6) is -0.270. The zero-order valence-electron chi connectivity index (χ0n) is 7.80. The first kappa shape index (κ1) is 8.74. The Hall–Kier alpha value is -1.84. The van der Waals surface area contributed by atoms with Crippen molar-refractivity contribution in [1.82, 2.24) is 9.55 Å². The van der Waals surface area contributed by atoms with E-state index in [1.54, 1.807) is 10.9 Å². The largest absolute Gasteiger partial charge is 0.468 e. The molecular weight excluding hydrogens is 180 g/mol. The standard InChI is InChI=1S/C10H10N2O2/c1-14-10(13)6-12-7-11-8-4-2-3-5-9(8)12/h2-5,7H,6H2,1H3. The Morgan fingerprint density at radius 3 is 3.07 bits per heavy atom. The van der Waals surface area contributed by atoms with Crippen LogP contribution in [0.25, 0.3) is 11.0 Å². The lowest BCUT2D eigenvalue weighted by molar-refractivity contribution is -0.141. The molecule has 72 valence electrons. The summed E-state index contributed by atoms with van der Waals surface area (Å²) in [6.07, 6.45) is 1.64. The minimum atomic E-state index is -0.270. The number of imidazole rings is 1. The highest BCUT2D eigenvalue weighted by Crippen LogP contribution is 2.11. The number of rotatable bonds is 2. The third kappa shape index (κ3) is 1.46. The Balaban J connectivity index is 2.38. The van der Waals surface area contributed by atoms with Crippen LogP contribution >= 0.6 is 0 Å². The van der Waals surface area contributed by atoms with Crippen molar-refractivity contribution < 1.29 is 9.53 Å². The molecule has 1 aromatic carbocycles. The molecule has 0 aliphatic heterocycles. The zero-order chi connectivity index (χ0) is 9.97. The molecule has 0 spiro atoms. The van der Waals surface area contributed by atoms with E-state index in [2.05, 4.69) is 9.72 Å². The van der Waals surface area contributed by atoms with E-state index < -0.39 is 0 Å². The van der Waals surface area contributed by atoms with Crippen molar-refractivity contribution in [3.05, 3.63) is 30.6 Å². The molecule has 0 radical (unpaired) electrons. The first-order valence-corrected chi connectivity index (χ1v) is 4.28. The second-order valence-electron chi connectivity index (χ2n) is 2.94. The van der Waals surface area contributed by atoms with Crippen molar-refractivity contribution in [2.24, 2.45) is 0 Å². The number of ether oxygens (including phenoxy) is 1. The van der Waals surface area contributed by atoms with E-state index in [-0.39, 0.29) is 12.5 Å². The first-order valence-electron chi connectivity index (χ1n) is 4.28. The average Bonchev–Trinajstić information content (AvgIpc) is 2.62. The fraction of sp³-hybridized carbons (Fsp3) is 0.200. The number of methoxy groups -OCH3 is 1. The smallest absolute Gasteiger partial charge is 0.325 e. The minimum absolute atomic E-state index is 0.205. The van der Waals surface area contributed by atoms with Gasteiger partial charge in [0.15, 0.2) is 0 Å². The van der Waals surface area contributed by atoms with Crippen LogP contribution in [0.1, 0.15) is 0 Å². The Morgan fingerprint density at radius 2 is 2.29 bits per heavy atom. The van der Waals surface area contributed by atoms with Crippen LogP contribution < -0.4 is 0 Å². The lowest BCUT2D eigenvalue weighted by Gasteiger charge is -2.01. The second-order valence-corrected chi connectivity index (χ2v) is 2.94. The number of esters is 1. The van der Waals surface area contributed by atoms with Crippen molar-refractivity contribution in [1.29, 1.82) is 0 Å². The Kier molecular flexibility index (Phi) is 2.18. The van der Waals surface area contributed by atoms with E-state index >= 15 is 0 Å². The summed E-state index contributed by atoms with van der Waals surface area (Å²) in [5.41, 5.74) is 1.83. The lowest BCUT2D eigenvalue weighted by atomic mass is 10.3. The van der Waals surface area contributed by atoms with Gasteiger partial charge >= 0.3 is 5.97 Å². The minimum Gasteiger partial charge on any atom is -0.468 e. The van der Waals surface area contributed by atoms with Gasteiger partial charge in [-0.3, -0.25) is 4.79 Å². The van der Waals surface area contributed by atoms with Gasteiger partial charge in [-0.25, -0.2) is 4.98 Å². The number of hydrogen-bond donors (Lipinski definition) is 0. The van der Waals surface area contributed by atoms with Crippen LogP contribution in [-0.2, 0) is 16.1 Å². The number of nitrogens with zero attached hydrogens (tertiary/aromatic N) is 2. The molecule has 0 amide bonds. The predicted molar refractivity (Wildman–Crippen MR) is 51.7 cm³/mol. The van der Waals surface area contributed by atoms with Crippen molar-refractivity contribution in [3.63, 3.8) is 0 Å². The van der Waals surface area contributed by atoms with E-state index in [1.807, 2.05) is 24.3 Å². The fourth-order valence-corrected chi connectivity index (χ4v) is 1.34. The molecule has 0 saturated heterocycles. The van der Waals surface area contributed by atoms with Crippen LogP contribution in [0.3, 0.4) is 0 Å². The maximum atomic E-state index is 11.1. The van der Waals surface area contributed by atoms with Crippen LogP contribution in [0.5, 0.6) is 0 Å². The predicted octanol–water partition coefficient (Wildman–Crippen LogP) is 1.21. The topological polar surface area (TPSA) is 44.1 Å². The van der Waals surface area contributed by atoms with Crippen LogP contribution in [0.15, 0.2) is 30.6 Å². The van der Waals surface area contributed by atoms with E-state index in [0.717, 1.165) is 11.0 Å². The van der Waals surface area contributed by atoms with E-state index in [1.165, 1.54) is 7.11 Å². The monoisotopic (exact) mass is 190 g/mol. The summed E-state index contributed by atoms with van der Waals surface area (Å²) < 4.78 is 6.35. The molecule has 2 rings (SSSR count). The highest BCUT2D eigenvalue weighted by molar-refractivity contribution is 5.77. The number of carbonyl (C=O) groups is 1. The molecule has 0 unspecified atom stereocenters. The van der Waals surface area contributed by atoms with Gasteiger partial charge in [0.25, 0.3) is 0 Å². The summed E-state index contributed by atoms with van der Waals surface area (Å²) in [6.45, 7) is 0.205. The van der Waals surface area contributed by atoms with E-state index in [0.29, 0.717) is 0 Å². The highest BCUT2D eigenvalue weighted by Gasteiger charge is 2.05. The van der Waals surface area contributed by atoms with Crippen LogP contribution in [0.4, 0.5) is 0 Å². The molecular formula is C10H10N2O2. The SMILES string of the molecule is COC(=O)Cn1cnc2ccccc21. The normalized spacial score (nSPS) is 10.4. The molecule has 1 heterocycles. The summed E-state index contributed by atoms with van der Waals surface area (Å²) >= 11 is 0. The quantitative estimate of drug-likeness (QED) is 0.668. The third-order valence-electron chi connectivity index (χ3n) is 2.05. The van der Waals surface area contributed by atoms with Gasteiger partial charge in [-0.1, -0.05) is 12.1 Å². The van der Waals surface area contributed by atoms with Gasteiger partial charge in [0.05, 0.1) is 24.5 Å². The number of para-hydroxylation sites is 2. The van der Waals surface area contributed by atoms with Gasteiger partial charge in [0.2, 0.25) is 0 Å². The molecule has 0 atom stereocenters. The summed E-state index contributed by atoms with van der Waals surface area (Å²) in [5, 5.41) is 0. The molecule has 0 fully saturated rings. The Bertz CT molecular complexity index is 462. The molecule has 4 nitrogen and oxygen atoms in total. The second kappa shape index (κ2) is 3.49. The van der Waals surface area contributed by atoms with Gasteiger partial charge in [0.1, 0.15) is 6.54 Å². The van der Waals surface area contributed by atoms with Crippen LogP contribution in [0, 0.1) is 0 Å². The molecule has 0 N–H and O–H groups in total. The zero-order valence-corrected chi connectivity index (χ0v) is 7.80. The molecule has 2 aromatic rings. The number of hydrogen-bond acceptors (Lipinski definition) is 3. The van der Waals surface area contributed by atoms with E-state index in [4.69, 9.17) is 0 Å². The van der Waals surface area contributed by atoms with Gasteiger partial charge in [-0.2, -0.15) is 0 Å². The lowest BCUT2D eigenvalue weighted by Crippen LogP contribution is -2.10. The summed E-state index contributed by atoms with van der Waals surface area (Å²) in [7, 11) is 1.38. The van der Waals surface area contributed by atoms with Crippen LogP contribution in [-0.4, -0.2) is 22.6 Å². The molecule has 14 heavy (non-hydrogen) atoms. The number of benzene rings is 1. The van der Waals surface area contributed by atoms with Gasteiger partial charge < -0.3 is 9.30 Å². The van der Waals surface area contributed by atoms with Crippen molar-refractivity contribution >= 4 is 17.0 Å². The summed E-state index contributed by atoms with van der Waals surface area (Å²) in [6, 6.07) is 7.66. The van der Waals surface area contributed by atoms with Gasteiger partial charge in [0, 0.05) is 0 Å². The summed E-state index contributed by atoms with van der Waals surface area (Å²) in [4.78, 5) is 15.2. The fourth-order valence-electron chi connectivity index (χ4n) is 1.34. The maximum absolute atomic E-state index is 11.1. The number of fused-ring (bicyclic) bond motifs is 1. The third-order valence-corrected chi connectivity index (χ3v) is 2.05. The van der Waals surface area contributed by atoms with Crippen molar-refractivity contribution in [2.75, 3.05) is 7.11 Å². The average molecular weight is 190 g/mol. The highest BCUT2D eigenvalue weighted by atomic mass is 16.5. The van der Waals surface area contributed by atoms with Crippen molar-refractivity contribution in [2.45, 2.75) is 6.54 Å². The van der Waals surface area contributed by atoms with Gasteiger partial charge in [-0.15, -0.1) is 0 Å². The first-order chi connectivity index (χ1) is 6.81. The molecule has 0 aliphatic carbocycles. The molecule has 0 aliphatic rings. The van der Waals surface area contributed by atoms with E-state index in [9.17, 15) is 4.79 Å². The molecule has 0 bridgehead atoms. The molecule has 4 heteroatoms. The number of aromatic nitrogens is 2. The maximum Gasteiger partial charge on any atom is 0.325 e. The Morgan fingerprint density at radius 1 is 1.50 bits per heavy atom. The molecule has 1 aromatic heterocycles.